The van der Waals surface area contributed by atoms with Gasteiger partial charge in [-0.2, -0.15) is 0 Å². The lowest BCUT2D eigenvalue weighted by Crippen LogP contribution is -2.28. The molecule has 1 amide bonds. The SMILES string of the molecule is Cc1ccccc1CN(C)C(=O)CSc1nn(-c2ccccc2)c(=S)s1. The number of hydrogen-bond acceptors (Lipinski definition) is 5. The van der Waals surface area contributed by atoms with Gasteiger partial charge in [0, 0.05) is 13.6 Å². The minimum Gasteiger partial charge on any atom is -0.341 e. The van der Waals surface area contributed by atoms with Crippen LogP contribution in [0.25, 0.3) is 5.69 Å². The number of para-hydroxylation sites is 1. The largest absolute Gasteiger partial charge is 0.341 e. The van der Waals surface area contributed by atoms with Crippen molar-refractivity contribution < 1.29 is 4.79 Å². The summed E-state index contributed by atoms with van der Waals surface area (Å²) in [6, 6.07) is 17.9. The maximum absolute atomic E-state index is 12.4. The van der Waals surface area contributed by atoms with Gasteiger partial charge in [0.05, 0.1) is 11.4 Å². The fraction of sp³-hybridized carbons (Fsp3) is 0.211. The van der Waals surface area contributed by atoms with E-state index in [-0.39, 0.29) is 5.91 Å². The van der Waals surface area contributed by atoms with E-state index in [2.05, 4.69) is 24.2 Å². The molecule has 0 fully saturated rings. The molecule has 1 aromatic heterocycles. The molecule has 3 rings (SSSR count). The molecule has 2 aromatic carbocycles. The van der Waals surface area contributed by atoms with Gasteiger partial charge >= 0.3 is 0 Å². The monoisotopic (exact) mass is 401 g/mol. The quantitative estimate of drug-likeness (QED) is 0.442. The Hall–Kier alpha value is -1.96. The van der Waals surface area contributed by atoms with Crippen molar-refractivity contribution in [1.29, 1.82) is 0 Å². The van der Waals surface area contributed by atoms with Crippen molar-refractivity contribution in [1.82, 2.24) is 14.7 Å². The second-order valence-electron chi connectivity index (χ2n) is 5.85. The predicted octanol–water partition coefficient (Wildman–Crippen LogP) is 4.72. The van der Waals surface area contributed by atoms with Crippen LogP contribution in [0.2, 0.25) is 0 Å². The van der Waals surface area contributed by atoms with E-state index in [9.17, 15) is 4.79 Å². The molecule has 134 valence electrons. The summed E-state index contributed by atoms with van der Waals surface area (Å²) < 4.78 is 3.22. The second-order valence-corrected chi connectivity index (χ2v) is 8.69. The van der Waals surface area contributed by atoms with E-state index >= 15 is 0 Å². The number of carbonyl (C=O) groups is 1. The summed E-state index contributed by atoms with van der Waals surface area (Å²) in [4.78, 5) is 14.2. The molecular formula is C19H19N3OS3. The number of thioether (sulfide) groups is 1. The second kappa shape index (κ2) is 8.62. The van der Waals surface area contributed by atoms with Crippen LogP contribution in [-0.2, 0) is 11.3 Å². The van der Waals surface area contributed by atoms with Crippen molar-refractivity contribution in [3.63, 3.8) is 0 Å². The number of hydrogen-bond donors (Lipinski definition) is 0. The molecule has 7 heteroatoms. The average molecular weight is 402 g/mol. The summed E-state index contributed by atoms with van der Waals surface area (Å²) in [7, 11) is 1.83. The molecule has 0 radical (unpaired) electrons. The van der Waals surface area contributed by atoms with Gasteiger partial charge in [0.2, 0.25) is 5.91 Å². The number of rotatable bonds is 6. The molecule has 0 atom stereocenters. The van der Waals surface area contributed by atoms with E-state index in [4.69, 9.17) is 12.2 Å². The Morgan fingerprint density at radius 1 is 1.19 bits per heavy atom. The summed E-state index contributed by atoms with van der Waals surface area (Å²) >= 11 is 8.26. The lowest BCUT2D eigenvalue weighted by molar-refractivity contribution is -0.127. The third-order valence-corrected chi connectivity index (χ3v) is 6.29. The van der Waals surface area contributed by atoms with E-state index < -0.39 is 0 Å². The van der Waals surface area contributed by atoms with Gasteiger partial charge in [0.15, 0.2) is 8.29 Å². The zero-order chi connectivity index (χ0) is 18.5. The summed E-state index contributed by atoms with van der Waals surface area (Å²) in [6.45, 7) is 2.67. The molecule has 0 aliphatic heterocycles. The van der Waals surface area contributed by atoms with Gasteiger partial charge < -0.3 is 4.90 Å². The van der Waals surface area contributed by atoms with Crippen molar-refractivity contribution in [2.75, 3.05) is 12.8 Å². The Balaban J connectivity index is 1.61. The first-order valence-electron chi connectivity index (χ1n) is 8.11. The number of amides is 1. The summed E-state index contributed by atoms with van der Waals surface area (Å²) in [5.41, 5.74) is 3.29. The Morgan fingerprint density at radius 2 is 1.88 bits per heavy atom. The molecule has 4 nitrogen and oxygen atoms in total. The number of aryl methyl sites for hydroxylation is 1. The lowest BCUT2D eigenvalue weighted by atomic mass is 10.1. The molecule has 26 heavy (non-hydrogen) atoms. The van der Waals surface area contributed by atoms with Gasteiger partial charge in [-0.15, -0.1) is 5.10 Å². The molecule has 3 aromatic rings. The highest BCUT2D eigenvalue weighted by Crippen LogP contribution is 2.24. The highest BCUT2D eigenvalue weighted by molar-refractivity contribution is 8.01. The third-order valence-electron chi connectivity index (χ3n) is 3.94. The smallest absolute Gasteiger partial charge is 0.233 e. The van der Waals surface area contributed by atoms with Crippen LogP contribution in [0, 0.1) is 10.9 Å². The van der Waals surface area contributed by atoms with Crippen molar-refractivity contribution in [2.45, 2.75) is 17.8 Å². The van der Waals surface area contributed by atoms with Crippen molar-refractivity contribution >= 4 is 41.2 Å². The highest BCUT2D eigenvalue weighted by Gasteiger charge is 2.13. The first-order valence-corrected chi connectivity index (χ1v) is 10.3. The van der Waals surface area contributed by atoms with Crippen LogP contribution in [-0.4, -0.2) is 33.4 Å². The summed E-state index contributed by atoms with van der Waals surface area (Å²) in [6.07, 6.45) is 0. The van der Waals surface area contributed by atoms with Gasteiger partial charge in [0.1, 0.15) is 0 Å². The standard InChI is InChI=1S/C19H19N3OS3/c1-14-8-6-7-9-15(14)12-21(2)17(23)13-25-18-20-22(19(24)26-18)16-10-4-3-5-11-16/h3-11H,12-13H2,1-2H3. The van der Waals surface area contributed by atoms with E-state index in [0.29, 0.717) is 16.3 Å². The minimum atomic E-state index is 0.0747. The molecule has 0 saturated carbocycles. The van der Waals surface area contributed by atoms with Crippen LogP contribution in [0.5, 0.6) is 0 Å². The molecule has 0 saturated heterocycles. The van der Waals surface area contributed by atoms with Crippen molar-refractivity contribution in [3.05, 3.63) is 69.7 Å². The Bertz CT molecular complexity index is 950. The van der Waals surface area contributed by atoms with E-state index in [1.807, 2.05) is 49.5 Å². The third kappa shape index (κ3) is 4.60. The molecule has 0 unspecified atom stereocenters. The normalized spacial score (nSPS) is 10.7. The fourth-order valence-corrected chi connectivity index (χ4v) is 4.72. The maximum Gasteiger partial charge on any atom is 0.233 e. The zero-order valence-corrected chi connectivity index (χ0v) is 17.0. The number of aromatic nitrogens is 2. The first-order chi connectivity index (χ1) is 12.5. The van der Waals surface area contributed by atoms with E-state index in [0.717, 1.165) is 15.6 Å². The van der Waals surface area contributed by atoms with Crippen molar-refractivity contribution in [3.8, 4) is 5.69 Å². The predicted molar refractivity (Wildman–Crippen MR) is 111 cm³/mol. The van der Waals surface area contributed by atoms with Crippen LogP contribution in [0.3, 0.4) is 0 Å². The first kappa shape index (κ1) is 18.8. The molecule has 0 aliphatic rings. The molecule has 0 N–H and O–H groups in total. The van der Waals surface area contributed by atoms with E-state index in [1.165, 1.54) is 28.7 Å². The van der Waals surface area contributed by atoms with Crippen LogP contribution in [0.4, 0.5) is 0 Å². The number of benzene rings is 2. The van der Waals surface area contributed by atoms with Gasteiger partial charge in [-0.3, -0.25) is 4.79 Å². The topological polar surface area (TPSA) is 38.1 Å². The van der Waals surface area contributed by atoms with Gasteiger partial charge in [-0.1, -0.05) is 65.6 Å². The summed E-state index contributed by atoms with van der Waals surface area (Å²) in [5, 5.41) is 4.53. The Kier molecular flexibility index (Phi) is 6.24. The molecule has 0 aliphatic carbocycles. The van der Waals surface area contributed by atoms with Gasteiger partial charge in [-0.25, -0.2) is 4.68 Å². The Labute approximate surface area is 166 Å². The Morgan fingerprint density at radius 3 is 2.62 bits per heavy atom. The van der Waals surface area contributed by atoms with Crippen LogP contribution < -0.4 is 0 Å². The fourth-order valence-electron chi connectivity index (χ4n) is 2.42. The lowest BCUT2D eigenvalue weighted by Gasteiger charge is -2.18. The zero-order valence-electron chi connectivity index (χ0n) is 14.6. The van der Waals surface area contributed by atoms with Crippen LogP contribution in [0.1, 0.15) is 11.1 Å². The van der Waals surface area contributed by atoms with Crippen LogP contribution >= 0.6 is 35.3 Å². The average Bonchev–Trinajstić information content (AvgIpc) is 3.03. The number of nitrogens with zero attached hydrogens (tertiary/aromatic N) is 3. The minimum absolute atomic E-state index is 0.0747. The maximum atomic E-state index is 12.4. The van der Waals surface area contributed by atoms with Gasteiger partial charge in [0.25, 0.3) is 0 Å². The molecule has 0 spiro atoms. The molecule has 0 bridgehead atoms. The highest BCUT2D eigenvalue weighted by atomic mass is 32.2. The van der Waals surface area contributed by atoms with Gasteiger partial charge in [-0.05, 0) is 42.4 Å². The summed E-state index contributed by atoms with van der Waals surface area (Å²) in [5.74, 6) is 0.421. The van der Waals surface area contributed by atoms with E-state index in [1.54, 1.807) is 9.58 Å². The van der Waals surface area contributed by atoms with Crippen LogP contribution in [0.15, 0.2) is 58.9 Å². The molecular weight excluding hydrogens is 382 g/mol. The van der Waals surface area contributed by atoms with Crippen molar-refractivity contribution in [2.24, 2.45) is 0 Å². The number of carbonyl (C=O) groups excluding carboxylic acids is 1. The molecule has 1 heterocycles.